The van der Waals surface area contributed by atoms with E-state index in [1.165, 1.54) is 6.08 Å². The van der Waals surface area contributed by atoms with E-state index in [9.17, 15) is 30.0 Å². The second kappa shape index (κ2) is 21.4. The molecular weight excluding hydrogens is 626 g/mol. The van der Waals surface area contributed by atoms with Crippen LogP contribution in [-0.4, -0.2) is 77.9 Å². The topological polar surface area (TPSA) is 164 Å². The molecular formula is C38H57N3O8. The van der Waals surface area contributed by atoms with Crippen molar-refractivity contribution in [3.8, 4) is 0 Å². The van der Waals surface area contributed by atoms with E-state index in [0.29, 0.717) is 37.9 Å². The highest BCUT2D eigenvalue weighted by Gasteiger charge is 2.25. The fourth-order valence-corrected chi connectivity index (χ4v) is 5.35. The average Bonchev–Trinajstić information content (AvgIpc) is 3.48. The van der Waals surface area contributed by atoms with Crippen LogP contribution in [0.25, 0.3) is 0 Å². The summed E-state index contributed by atoms with van der Waals surface area (Å²) in [5.74, 6) is -0.702. The summed E-state index contributed by atoms with van der Waals surface area (Å²) in [6.07, 6.45) is 16.4. The summed E-state index contributed by atoms with van der Waals surface area (Å²) in [4.78, 5) is 25.5. The maximum atomic E-state index is 12.8. The summed E-state index contributed by atoms with van der Waals surface area (Å²) in [7, 11) is 0. The van der Waals surface area contributed by atoms with Crippen molar-refractivity contribution in [3.05, 3.63) is 83.3 Å². The second-order valence-electron chi connectivity index (χ2n) is 13.4. The number of carbonyl (C=O) groups excluding carboxylic acids is 2. The smallest absolute Gasteiger partial charge is 0.331 e. The standard InChI is InChI=1S/C38H57N3O8/c1-25(12-10-13-26(2)21-33(44)34(45)22-30(6)42)20-27(3)18-19-38(47)48-35-16-11-17-37(46)49-36(15-9-8-14-28(35)4)29(5)23-41-24-32(31(7)43)39-40-41/h8-10,12-13,18-21,24,28-31,33-36,42-45H,11,14-17,22-23H2,1-7H3/b9-8-,13-10+,19-18+,25-12+,26-21+,27-20+/t28-,29-,30-,31-,33-,34+,35-,36+/m0/s1. The number of hydrogen-bond acceptors (Lipinski definition) is 10. The highest BCUT2D eigenvalue weighted by Crippen LogP contribution is 2.23. The Hall–Kier alpha value is -3.64. The van der Waals surface area contributed by atoms with Crippen LogP contribution >= 0.6 is 0 Å². The van der Waals surface area contributed by atoms with Crippen LogP contribution in [0.1, 0.15) is 98.8 Å². The molecule has 11 nitrogen and oxygen atoms in total. The van der Waals surface area contributed by atoms with Crippen LogP contribution in [0.5, 0.6) is 0 Å². The molecule has 0 saturated carbocycles. The lowest BCUT2D eigenvalue weighted by molar-refractivity contribution is -0.152. The lowest BCUT2D eigenvalue weighted by Crippen LogP contribution is -2.29. The molecule has 0 saturated heterocycles. The minimum atomic E-state index is -1.07. The van der Waals surface area contributed by atoms with Crippen molar-refractivity contribution in [1.82, 2.24) is 15.0 Å². The molecule has 1 aliphatic rings. The number of aliphatic hydroxyl groups excluding tert-OH is 4. The molecule has 0 fully saturated rings. The number of ether oxygens (including phenoxy) is 2. The molecule has 0 spiro atoms. The van der Waals surface area contributed by atoms with Crippen molar-refractivity contribution in [2.75, 3.05) is 0 Å². The summed E-state index contributed by atoms with van der Waals surface area (Å²) < 4.78 is 13.4. The number of nitrogens with zero attached hydrogens (tertiary/aromatic N) is 3. The molecule has 11 heteroatoms. The minimum absolute atomic E-state index is 0.0270. The normalized spacial score (nSPS) is 24.4. The van der Waals surface area contributed by atoms with Gasteiger partial charge in [0.05, 0.1) is 30.6 Å². The van der Waals surface area contributed by atoms with E-state index < -0.39 is 30.4 Å². The predicted molar refractivity (Wildman–Crippen MR) is 189 cm³/mol. The number of esters is 2. The maximum absolute atomic E-state index is 12.8. The lowest BCUT2D eigenvalue weighted by Gasteiger charge is -2.26. The summed E-state index contributed by atoms with van der Waals surface area (Å²) in [6.45, 7) is 13.4. The van der Waals surface area contributed by atoms with Gasteiger partial charge in [-0.05, 0) is 59.8 Å². The van der Waals surface area contributed by atoms with Gasteiger partial charge in [-0.3, -0.25) is 9.48 Å². The van der Waals surface area contributed by atoms with Crippen LogP contribution < -0.4 is 0 Å². The third kappa shape index (κ3) is 16.5. The van der Waals surface area contributed by atoms with Gasteiger partial charge >= 0.3 is 11.9 Å². The molecule has 1 aromatic rings. The number of hydrogen-bond donors (Lipinski definition) is 4. The summed E-state index contributed by atoms with van der Waals surface area (Å²) in [6, 6.07) is 0. The fourth-order valence-electron chi connectivity index (χ4n) is 5.35. The van der Waals surface area contributed by atoms with Gasteiger partial charge in [-0.1, -0.05) is 84.4 Å². The highest BCUT2D eigenvalue weighted by molar-refractivity contribution is 5.82. The number of cyclic esters (lactones) is 1. The van der Waals surface area contributed by atoms with E-state index in [0.717, 1.165) is 16.7 Å². The number of aromatic nitrogens is 3. The molecule has 1 aliphatic heterocycles. The first-order chi connectivity index (χ1) is 23.1. The Balaban J connectivity index is 1.94. The highest BCUT2D eigenvalue weighted by atomic mass is 16.5. The first kappa shape index (κ1) is 41.5. The van der Waals surface area contributed by atoms with Gasteiger partial charge in [0.1, 0.15) is 17.9 Å². The molecule has 8 atom stereocenters. The van der Waals surface area contributed by atoms with Crippen molar-refractivity contribution in [3.63, 3.8) is 0 Å². The Morgan fingerprint density at radius 1 is 1.04 bits per heavy atom. The summed E-state index contributed by atoms with van der Waals surface area (Å²) in [5, 5.41) is 47.2. The number of carbonyl (C=O) groups is 2. The first-order valence-electron chi connectivity index (χ1n) is 17.2. The van der Waals surface area contributed by atoms with Gasteiger partial charge in [0.15, 0.2) is 0 Å². The molecule has 4 N–H and O–H groups in total. The first-order valence-corrected chi connectivity index (χ1v) is 17.2. The van der Waals surface area contributed by atoms with Crippen molar-refractivity contribution in [1.29, 1.82) is 0 Å². The monoisotopic (exact) mass is 683 g/mol. The van der Waals surface area contributed by atoms with Crippen LogP contribution in [0.2, 0.25) is 0 Å². The zero-order valence-corrected chi connectivity index (χ0v) is 30.1. The molecule has 2 rings (SSSR count). The number of allylic oxidation sites excluding steroid dienone is 9. The number of rotatable bonds is 14. The predicted octanol–water partition coefficient (Wildman–Crippen LogP) is 5.39. The van der Waals surface area contributed by atoms with Gasteiger partial charge in [0.2, 0.25) is 0 Å². The van der Waals surface area contributed by atoms with E-state index in [1.54, 1.807) is 36.9 Å². The molecule has 0 unspecified atom stereocenters. The molecule has 2 heterocycles. The molecule has 0 aromatic carbocycles. The van der Waals surface area contributed by atoms with Crippen LogP contribution in [0.3, 0.4) is 0 Å². The van der Waals surface area contributed by atoms with Gasteiger partial charge in [-0.25, -0.2) is 4.79 Å². The summed E-state index contributed by atoms with van der Waals surface area (Å²) >= 11 is 0. The fraction of sp³-hybridized carbons (Fsp3) is 0.579. The molecule has 49 heavy (non-hydrogen) atoms. The van der Waals surface area contributed by atoms with Crippen LogP contribution in [0.15, 0.2) is 77.6 Å². The van der Waals surface area contributed by atoms with E-state index in [2.05, 4.69) is 16.4 Å². The third-order valence-corrected chi connectivity index (χ3v) is 8.26. The quantitative estimate of drug-likeness (QED) is 0.0865. The van der Waals surface area contributed by atoms with E-state index in [1.807, 2.05) is 65.0 Å². The minimum Gasteiger partial charge on any atom is -0.462 e. The Bertz CT molecular complexity index is 1370. The van der Waals surface area contributed by atoms with Crippen molar-refractivity contribution in [2.45, 2.75) is 130 Å². The zero-order chi connectivity index (χ0) is 36.5. The Morgan fingerprint density at radius 2 is 1.76 bits per heavy atom. The van der Waals surface area contributed by atoms with Crippen LogP contribution in [0, 0.1) is 11.8 Å². The van der Waals surface area contributed by atoms with Gasteiger partial charge in [-0.15, -0.1) is 5.10 Å². The zero-order valence-electron chi connectivity index (χ0n) is 30.1. The van der Waals surface area contributed by atoms with Gasteiger partial charge in [0.25, 0.3) is 0 Å². The lowest BCUT2D eigenvalue weighted by atomic mass is 9.94. The van der Waals surface area contributed by atoms with Crippen LogP contribution in [0.4, 0.5) is 0 Å². The SMILES string of the molecule is CC(=C\C=C\C(C)=C\[C@H](O)[C@H](O)C[C@H](C)O)/C=C(C)/C=C/C(=O)O[C@H]1CCCC(=O)O[C@@H]([C@@H](C)Cn2cc([C@H](C)O)nn2)C/C=C\C[C@@H]1C. The number of aliphatic hydroxyl groups is 4. The molecule has 1 aromatic heterocycles. The second-order valence-corrected chi connectivity index (χ2v) is 13.4. The van der Waals surface area contributed by atoms with Crippen molar-refractivity contribution in [2.24, 2.45) is 11.8 Å². The molecule has 0 radical (unpaired) electrons. The van der Waals surface area contributed by atoms with Crippen molar-refractivity contribution < 1.29 is 39.5 Å². The molecule has 0 aliphatic carbocycles. The average molecular weight is 684 g/mol. The Kier molecular flexibility index (Phi) is 18.2. The Morgan fingerprint density at radius 3 is 2.43 bits per heavy atom. The summed E-state index contributed by atoms with van der Waals surface area (Å²) in [5.41, 5.74) is 3.07. The molecule has 0 bridgehead atoms. The van der Waals surface area contributed by atoms with E-state index in [-0.39, 0.29) is 42.9 Å². The van der Waals surface area contributed by atoms with Gasteiger partial charge < -0.3 is 29.9 Å². The van der Waals surface area contributed by atoms with Gasteiger partial charge in [-0.2, -0.15) is 0 Å². The third-order valence-electron chi connectivity index (χ3n) is 8.26. The molecule has 0 amide bonds. The molecule has 272 valence electrons. The van der Waals surface area contributed by atoms with Crippen molar-refractivity contribution >= 4 is 11.9 Å². The van der Waals surface area contributed by atoms with Gasteiger partial charge in [0, 0.05) is 37.8 Å². The Labute approximate surface area is 291 Å². The largest absolute Gasteiger partial charge is 0.462 e. The van der Waals surface area contributed by atoms with Crippen LogP contribution in [-0.2, 0) is 25.6 Å². The maximum Gasteiger partial charge on any atom is 0.331 e. The van der Waals surface area contributed by atoms with E-state index >= 15 is 0 Å². The van der Waals surface area contributed by atoms with E-state index in [4.69, 9.17) is 9.47 Å².